The van der Waals surface area contributed by atoms with Crippen LogP contribution in [0, 0.1) is 0 Å². The quantitative estimate of drug-likeness (QED) is 0.0366. The SMILES string of the molecule is CCCC/C=C/CC/C=C/CCCC(O)C(O)C(CO)NC(=O)CCCCCCCCCCCCCCCCC/C=C\C/C=C\CCCCCCCCCCC. The van der Waals surface area contributed by atoms with Crippen LogP contribution in [-0.2, 0) is 4.79 Å². The molecule has 0 spiro atoms. The lowest BCUT2D eigenvalue weighted by molar-refractivity contribution is -0.124. The summed E-state index contributed by atoms with van der Waals surface area (Å²) in [5, 5.41) is 33.4. The van der Waals surface area contributed by atoms with Crippen LogP contribution in [0.5, 0.6) is 0 Å². The summed E-state index contributed by atoms with van der Waals surface area (Å²) < 4.78 is 0. The van der Waals surface area contributed by atoms with Gasteiger partial charge in [0.15, 0.2) is 0 Å². The van der Waals surface area contributed by atoms with Crippen LogP contribution >= 0.6 is 0 Å². The number of unbranched alkanes of at least 4 members (excludes halogenated alkanes) is 28. The maximum atomic E-state index is 12.4. The molecule has 0 saturated carbocycles. The molecule has 0 aliphatic rings. The molecule has 3 unspecified atom stereocenters. The molecule has 0 rings (SSSR count). The molecule has 0 saturated heterocycles. The number of nitrogens with one attached hydrogen (secondary N) is 1. The summed E-state index contributed by atoms with van der Waals surface area (Å²) in [7, 11) is 0. The fourth-order valence-corrected chi connectivity index (χ4v) is 7.31. The number of carbonyl (C=O) groups is 1. The van der Waals surface area contributed by atoms with Gasteiger partial charge in [-0.05, 0) is 77.0 Å². The predicted molar refractivity (Wildman–Crippen MR) is 245 cm³/mol. The third-order valence-corrected chi connectivity index (χ3v) is 11.1. The van der Waals surface area contributed by atoms with Crippen LogP contribution in [-0.4, -0.2) is 46.1 Å². The first-order valence-electron chi connectivity index (χ1n) is 24.4. The molecule has 328 valence electrons. The van der Waals surface area contributed by atoms with Gasteiger partial charge in [-0.25, -0.2) is 0 Å². The van der Waals surface area contributed by atoms with Crippen LogP contribution in [0.3, 0.4) is 0 Å². The first kappa shape index (κ1) is 54.3. The van der Waals surface area contributed by atoms with Crippen molar-refractivity contribution in [3.63, 3.8) is 0 Å². The third-order valence-electron chi connectivity index (χ3n) is 11.1. The van der Waals surface area contributed by atoms with Crippen molar-refractivity contribution in [2.45, 2.75) is 263 Å². The number of amides is 1. The highest BCUT2D eigenvalue weighted by Gasteiger charge is 2.26. The Hall–Kier alpha value is -1.69. The Kier molecular flexibility index (Phi) is 44.6. The van der Waals surface area contributed by atoms with E-state index in [9.17, 15) is 20.1 Å². The molecule has 56 heavy (non-hydrogen) atoms. The predicted octanol–water partition coefficient (Wildman–Crippen LogP) is 14.5. The lowest BCUT2D eigenvalue weighted by Gasteiger charge is -2.26. The number of hydrogen-bond donors (Lipinski definition) is 4. The molecular formula is C51H95NO4. The molecule has 3 atom stereocenters. The average Bonchev–Trinajstić information content (AvgIpc) is 3.20. The van der Waals surface area contributed by atoms with Crippen LogP contribution < -0.4 is 5.32 Å². The second-order valence-electron chi connectivity index (χ2n) is 16.6. The zero-order chi connectivity index (χ0) is 40.8. The van der Waals surface area contributed by atoms with Gasteiger partial charge in [0.05, 0.1) is 18.8 Å². The maximum absolute atomic E-state index is 12.4. The van der Waals surface area contributed by atoms with Gasteiger partial charge in [-0.15, -0.1) is 0 Å². The van der Waals surface area contributed by atoms with Crippen molar-refractivity contribution >= 4 is 5.91 Å². The van der Waals surface area contributed by atoms with Gasteiger partial charge in [-0.1, -0.05) is 210 Å². The van der Waals surface area contributed by atoms with Gasteiger partial charge < -0.3 is 20.6 Å². The molecule has 0 aliphatic heterocycles. The minimum absolute atomic E-state index is 0.160. The van der Waals surface area contributed by atoms with Crippen LogP contribution in [0.1, 0.15) is 245 Å². The van der Waals surface area contributed by atoms with Crippen molar-refractivity contribution in [2.24, 2.45) is 0 Å². The summed E-state index contributed by atoms with van der Waals surface area (Å²) in [6.07, 6.45) is 59.7. The standard InChI is InChI=1S/C51H95NO4/c1-3-5-7-9-11-13-15-16-17-18-19-20-21-22-23-24-25-26-27-28-29-30-31-32-33-34-36-38-40-42-44-46-50(55)52-48(47-53)51(56)49(54)45-43-41-39-37-35-14-12-10-8-6-4-2/h10,12,19-20,22-23,37,39,48-49,51,53-54,56H,3-9,11,13-18,21,24-36,38,40-47H2,1-2H3,(H,52,55)/b12-10+,20-19-,23-22-,39-37+. The highest BCUT2D eigenvalue weighted by atomic mass is 16.3. The number of hydrogen-bond acceptors (Lipinski definition) is 4. The first-order chi connectivity index (χ1) is 27.6. The third kappa shape index (κ3) is 40.5. The monoisotopic (exact) mass is 786 g/mol. The molecule has 0 heterocycles. The fraction of sp³-hybridized carbons (Fsp3) is 0.824. The van der Waals surface area contributed by atoms with Gasteiger partial charge in [0, 0.05) is 6.42 Å². The van der Waals surface area contributed by atoms with Gasteiger partial charge in [-0.2, -0.15) is 0 Å². The number of allylic oxidation sites excluding steroid dienone is 8. The molecule has 0 aromatic rings. The Balaban J connectivity index is 3.54. The van der Waals surface area contributed by atoms with E-state index in [4.69, 9.17) is 0 Å². The van der Waals surface area contributed by atoms with Crippen LogP contribution in [0.4, 0.5) is 0 Å². The molecule has 0 bridgehead atoms. The van der Waals surface area contributed by atoms with Crippen molar-refractivity contribution in [2.75, 3.05) is 6.61 Å². The van der Waals surface area contributed by atoms with E-state index in [1.807, 2.05) is 0 Å². The fourth-order valence-electron chi connectivity index (χ4n) is 7.31. The number of carbonyl (C=O) groups excluding carboxylic acids is 1. The Labute approximate surface area is 348 Å². The second-order valence-corrected chi connectivity index (χ2v) is 16.6. The largest absolute Gasteiger partial charge is 0.394 e. The lowest BCUT2D eigenvalue weighted by atomic mass is 10.0. The Morgan fingerprint density at radius 2 is 0.804 bits per heavy atom. The van der Waals surface area contributed by atoms with Crippen LogP contribution in [0.2, 0.25) is 0 Å². The molecule has 0 radical (unpaired) electrons. The van der Waals surface area contributed by atoms with Crippen molar-refractivity contribution in [1.29, 1.82) is 0 Å². The molecule has 4 N–H and O–H groups in total. The average molecular weight is 786 g/mol. The summed E-state index contributed by atoms with van der Waals surface area (Å²) in [5.41, 5.74) is 0. The van der Waals surface area contributed by atoms with E-state index in [2.05, 4.69) is 67.8 Å². The van der Waals surface area contributed by atoms with E-state index in [0.717, 1.165) is 57.8 Å². The normalized spacial score (nSPS) is 13.9. The molecule has 5 nitrogen and oxygen atoms in total. The maximum Gasteiger partial charge on any atom is 0.220 e. The zero-order valence-corrected chi connectivity index (χ0v) is 37.3. The van der Waals surface area contributed by atoms with E-state index in [1.54, 1.807) is 0 Å². The van der Waals surface area contributed by atoms with Crippen molar-refractivity contribution < 1.29 is 20.1 Å². The van der Waals surface area contributed by atoms with Crippen molar-refractivity contribution in [1.82, 2.24) is 5.32 Å². The highest BCUT2D eigenvalue weighted by molar-refractivity contribution is 5.76. The van der Waals surface area contributed by atoms with Crippen molar-refractivity contribution in [3.05, 3.63) is 48.6 Å². The van der Waals surface area contributed by atoms with Gasteiger partial charge in [0.1, 0.15) is 6.10 Å². The number of aliphatic hydroxyl groups excluding tert-OH is 3. The second kappa shape index (κ2) is 46.0. The number of rotatable bonds is 44. The Morgan fingerprint density at radius 1 is 0.446 bits per heavy atom. The smallest absolute Gasteiger partial charge is 0.220 e. The Morgan fingerprint density at radius 3 is 1.25 bits per heavy atom. The molecule has 5 heteroatoms. The zero-order valence-electron chi connectivity index (χ0n) is 37.3. The molecular weight excluding hydrogens is 691 g/mol. The van der Waals surface area contributed by atoms with Gasteiger partial charge in [0.2, 0.25) is 5.91 Å². The van der Waals surface area contributed by atoms with E-state index in [0.29, 0.717) is 12.8 Å². The van der Waals surface area contributed by atoms with Gasteiger partial charge >= 0.3 is 0 Å². The van der Waals surface area contributed by atoms with Gasteiger partial charge in [-0.3, -0.25) is 4.79 Å². The van der Waals surface area contributed by atoms with E-state index in [-0.39, 0.29) is 12.5 Å². The first-order valence-corrected chi connectivity index (χ1v) is 24.4. The summed E-state index contributed by atoms with van der Waals surface area (Å²) in [5.74, 6) is -0.160. The van der Waals surface area contributed by atoms with Crippen molar-refractivity contribution in [3.8, 4) is 0 Å². The van der Waals surface area contributed by atoms with E-state index >= 15 is 0 Å². The van der Waals surface area contributed by atoms with E-state index < -0.39 is 18.2 Å². The lowest BCUT2D eigenvalue weighted by Crippen LogP contribution is -2.50. The van der Waals surface area contributed by atoms with Crippen LogP contribution in [0.25, 0.3) is 0 Å². The number of aliphatic hydroxyl groups is 3. The van der Waals surface area contributed by atoms with Gasteiger partial charge in [0.25, 0.3) is 0 Å². The van der Waals surface area contributed by atoms with E-state index in [1.165, 1.54) is 161 Å². The van der Waals surface area contributed by atoms with Crippen LogP contribution in [0.15, 0.2) is 48.6 Å². The summed E-state index contributed by atoms with van der Waals surface area (Å²) >= 11 is 0. The minimum Gasteiger partial charge on any atom is -0.394 e. The highest BCUT2D eigenvalue weighted by Crippen LogP contribution is 2.16. The Bertz CT molecular complexity index is 912. The molecule has 0 fully saturated rings. The summed E-state index contributed by atoms with van der Waals surface area (Å²) in [6.45, 7) is 4.11. The topological polar surface area (TPSA) is 89.8 Å². The molecule has 0 aromatic carbocycles. The summed E-state index contributed by atoms with van der Waals surface area (Å²) in [4.78, 5) is 12.4. The molecule has 0 aromatic heterocycles. The minimum atomic E-state index is -1.17. The molecule has 1 amide bonds. The molecule has 0 aliphatic carbocycles. The summed E-state index contributed by atoms with van der Waals surface area (Å²) in [6, 6.07) is -0.832.